The van der Waals surface area contributed by atoms with Crippen molar-refractivity contribution in [1.82, 2.24) is 0 Å². The molecule has 1 aromatic carbocycles. The van der Waals surface area contributed by atoms with E-state index in [0.29, 0.717) is 0 Å². The topological polar surface area (TPSA) is 0 Å². The summed E-state index contributed by atoms with van der Waals surface area (Å²) in [6, 6.07) is 6.81. The van der Waals surface area contributed by atoms with E-state index in [9.17, 15) is 0 Å². The van der Waals surface area contributed by atoms with Crippen LogP contribution in [0.2, 0.25) is 0 Å². The molecule has 1 aromatic rings. The van der Waals surface area contributed by atoms with Gasteiger partial charge in [-0.15, -0.1) is 0 Å². The van der Waals surface area contributed by atoms with Crippen molar-refractivity contribution in [2.24, 2.45) is 0 Å². The van der Waals surface area contributed by atoms with E-state index >= 15 is 0 Å². The highest BCUT2D eigenvalue weighted by Crippen LogP contribution is 2.22. The Morgan fingerprint density at radius 2 is 1.67 bits per heavy atom. The summed E-state index contributed by atoms with van der Waals surface area (Å²) in [5, 5.41) is 0. The lowest BCUT2D eigenvalue weighted by molar-refractivity contribution is 0.911. The van der Waals surface area contributed by atoms with E-state index in [1.807, 2.05) is 13.8 Å². The van der Waals surface area contributed by atoms with Gasteiger partial charge < -0.3 is 0 Å². The van der Waals surface area contributed by atoms with Crippen LogP contribution in [0.25, 0.3) is 0 Å². The zero-order valence-corrected chi connectivity index (χ0v) is 8.35. The molecule has 0 atom stereocenters. The molecule has 0 fully saturated rings. The second-order valence-corrected chi connectivity index (χ2v) is 3.13. The van der Waals surface area contributed by atoms with Gasteiger partial charge in [0, 0.05) is 0 Å². The zero-order chi connectivity index (χ0) is 8.97. The van der Waals surface area contributed by atoms with E-state index in [4.69, 9.17) is 0 Å². The third kappa shape index (κ3) is 1.88. The number of hydrogen-bond acceptors (Lipinski definition) is 0. The van der Waals surface area contributed by atoms with Gasteiger partial charge in [0.1, 0.15) is 0 Å². The summed E-state index contributed by atoms with van der Waals surface area (Å²) in [7, 11) is 0. The van der Waals surface area contributed by atoms with Crippen molar-refractivity contribution in [3.8, 4) is 0 Å². The normalized spacial score (nSPS) is 13.2. The fraction of sp³-hybridized carbons (Fsp3) is 0.500. The highest BCUT2D eigenvalue weighted by atomic mass is 14.1. The number of fused-ring (bicyclic) bond motifs is 1. The molecule has 1 aliphatic rings. The van der Waals surface area contributed by atoms with Gasteiger partial charge in [0.25, 0.3) is 0 Å². The van der Waals surface area contributed by atoms with Gasteiger partial charge in [-0.2, -0.15) is 0 Å². The van der Waals surface area contributed by atoms with E-state index in [0.717, 1.165) is 0 Å². The third-order valence-corrected chi connectivity index (χ3v) is 2.25. The number of rotatable bonds is 0. The van der Waals surface area contributed by atoms with Gasteiger partial charge in [-0.25, -0.2) is 0 Å². The molecule has 0 saturated carbocycles. The molecular formula is C12H18. The van der Waals surface area contributed by atoms with Gasteiger partial charge in [-0.1, -0.05) is 37.6 Å². The van der Waals surface area contributed by atoms with Crippen molar-refractivity contribution < 1.29 is 0 Å². The lowest BCUT2D eigenvalue weighted by atomic mass is 10.1. The van der Waals surface area contributed by atoms with Gasteiger partial charge in [0.15, 0.2) is 0 Å². The van der Waals surface area contributed by atoms with Crippen LogP contribution in [-0.2, 0) is 12.8 Å². The van der Waals surface area contributed by atoms with Crippen LogP contribution < -0.4 is 0 Å². The second kappa shape index (κ2) is 4.30. The number of aryl methyl sites for hydroxylation is 3. The summed E-state index contributed by atoms with van der Waals surface area (Å²) in [5.74, 6) is 0. The molecular weight excluding hydrogens is 144 g/mol. The summed E-state index contributed by atoms with van der Waals surface area (Å²) >= 11 is 0. The Morgan fingerprint density at radius 1 is 1.00 bits per heavy atom. The molecule has 1 aliphatic carbocycles. The monoisotopic (exact) mass is 162 g/mol. The Labute approximate surface area is 75.6 Å². The Balaban J connectivity index is 0.000000336. The predicted octanol–water partition coefficient (Wildman–Crippen LogP) is 3.51. The van der Waals surface area contributed by atoms with Crippen LogP contribution in [0.1, 0.15) is 37.0 Å². The average Bonchev–Trinajstić information content (AvgIpc) is 2.54. The number of benzene rings is 1. The molecule has 0 nitrogen and oxygen atoms in total. The van der Waals surface area contributed by atoms with Crippen molar-refractivity contribution in [3.63, 3.8) is 0 Å². The van der Waals surface area contributed by atoms with Crippen LogP contribution >= 0.6 is 0 Å². The fourth-order valence-electron chi connectivity index (χ4n) is 1.70. The van der Waals surface area contributed by atoms with Crippen LogP contribution in [0.15, 0.2) is 18.2 Å². The Hall–Kier alpha value is -0.780. The van der Waals surface area contributed by atoms with Crippen molar-refractivity contribution >= 4 is 0 Å². The van der Waals surface area contributed by atoms with Crippen LogP contribution in [0, 0.1) is 6.92 Å². The SMILES string of the molecule is CC.Cc1ccc2c(c1)CCC2. The van der Waals surface area contributed by atoms with Crippen LogP contribution in [0.3, 0.4) is 0 Å². The zero-order valence-electron chi connectivity index (χ0n) is 8.35. The van der Waals surface area contributed by atoms with E-state index in [1.165, 1.54) is 24.8 Å². The minimum Gasteiger partial charge on any atom is -0.0683 e. The molecule has 0 bridgehead atoms. The summed E-state index contributed by atoms with van der Waals surface area (Å²) in [6.45, 7) is 6.17. The lowest BCUT2D eigenvalue weighted by Crippen LogP contribution is -1.81. The van der Waals surface area contributed by atoms with Gasteiger partial charge in [-0.05, 0) is 37.3 Å². The molecule has 0 spiro atoms. The van der Waals surface area contributed by atoms with Crippen molar-refractivity contribution in [3.05, 3.63) is 34.9 Å². The molecule has 0 N–H and O–H groups in total. The van der Waals surface area contributed by atoms with Crippen molar-refractivity contribution in [2.45, 2.75) is 40.0 Å². The quantitative estimate of drug-likeness (QED) is 0.547. The van der Waals surface area contributed by atoms with Gasteiger partial charge in [0.2, 0.25) is 0 Å². The third-order valence-electron chi connectivity index (χ3n) is 2.25. The maximum atomic E-state index is 2.32. The largest absolute Gasteiger partial charge is 0.0683 e. The molecule has 0 radical (unpaired) electrons. The van der Waals surface area contributed by atoms with E-state index < -0.39 is 0 Å². The molecule has 0 heteroatoms. The Kier molecular flexibility index (Phi) is 3.33. The summed E-state index contributed by atoms with van der Waals surface area (Å²) in [5.41, 5.74) is 4.56. The van der Waals surface area contributed by atoms with Crippen LogP contribution in [0.5, 0.6) is 0 Å². The first-order chi connectivity index (χ1) is 5.86. The Morgan fingerprint density at radius 3 is 2.42 bits per heavy atom. The van der Waals surface area contributed by atoms with Gasteiger partial charge >= 0.3 is 0 Å². The minimum absolute atomic E-state index is 1.30. The van der Waals surface area contributed by atoms with E-state index in [2.05, 4.69) is 25.1 Å². The molecule has 0 heterocycles. The van der Waals surface area contributed by atoms with Gasteiger partial charge in [-0.3, -0.25) is 0 Å². The van der Waals surface area contributed by atoms with Crippen LogP contribution in [-0.4, -0.2) is 0 Å². The molecule has 12 heavy (non-hydrogen) atoms. The molecule has 2 rings (SSSR count). The predicted molar refractivity (Wildman–Crippen MR) is 54.6 cm³/mol. The van der Waals surface area contributed by atoms with Crippen molar-refractivity contribution in [2.75, 3.05) is 0 Å². The minimum atomic E-state index is 1.30. The lowest BCUT2D eigenvalue weighted by Gasteiger charge is -1.98. The van der Waals surface area contributed by atoms with E-state index in [1.54, 1.807) is 11.1 Å². The average molecular weight is 162 g/mol. The highest BCUT2D eigenvalue weighted by Gasteiger charge is 2.08. The summed E-state index contributed by atoms with van der Waals surface area (Å²) in [4.78, 5) is 0. The summed E-state index contributed by atoms with van der Waals surface area (Å²) in [6.07, 6.45) is 3.96. The standard InChI is InChI=1S/C10H12.C2H6/c1-8-5-6-9-3-2-4-10(9)7-8;1-2/h5-7H,2-4H2,1H3;1-2H3. The molecule has 0 aromatic heterocycles. The maximum absolute atomic E-state index is 2.32. The second-order valence-electron chi connectivity index (χ2n) is 3.13. The van der Waals surface area contributed by atoms with E-state index in [-0.39, 0.29) is 0 Å². The van der Waals surface area contributed by atoms with Crippen molar-refractivity contribution in [1.29, 1.82) is 0 Å². The molecule has 0 amide bonds. The first-order valence-corrected chi connectivity index (χ1v) is 4.95. The first-order valence-electron chi connectivity index (χ1n) is 4.95. The highest BCUT2D eigenvalue weighted by molar-refractivity contribution is 5.34. The molecule has 0 unspecified atom stereocenters. The molecule has 0 saturated heterocycles. The van der Waals surface area contributed by atoms with Gasteiger partial charge in [0.05, 0.1) is 0 Å². The smallest absolute Gasteiger partial charge is 0.0273 e. The molecule has 66 valence electrons. The molecule has 0 aliphatic heterocycles. The fourth-order valence-corrected chi connectivity index (χ4v) is 1.70. The first kappa shape index (κ1) is 9.31. The van der Waals surface area contributed by atoms with Crippen LogP contribution in [0.4, 0.5) is 0 Å². The summed E-state index contributed by atoms with van der Waals surface area (Å²) < 4.78 is 0. The number of hydrogen-bond donors (Lipinski definition) is 0. The Bertz CT molecular complexity index is 248. The maximum Gasteiger partial charge on any atom is -0.0273 e.